The Morgan fingerprint density at radius 2 is 1.75 bits per heavy atom. The average Bonchev–Trinajstić information content (AvgIpc) is 2.79. The predicted molar refractivity (Wildman–Crippen MR) is 126 cm³/mol. The Bertz CT molecular complexity index is 1070. The second-order valence-corrected chi connectivity index (χ2v) is 9.02. The van der Waals surface area contributed by atoms with Gasteiger partial charge in [-0.1, -0.05) is 58.4 Å². The van der Waals surface area contributed by atoms with E-state index in [9.17, 15) is 9.59 Å². The lowest BCUT2D eigenvalue weighted by Crippen LogP contribution is -2.36. The zero-order chi connectivity index (χ0) is 22.7. The van der Waals surface area contributed by atoms with E-state index in [4.69, 9.17) is 9.47 Å². The first-order valence-corrected chi connectivity index (χ1v) is 11.5. The molecule has 0 saturated heterocycles. The Hall–Kier alpha value is -2.70. The number of ketones is 1. The van der Waals surface area contributed by atoms with Crippen LogP contribution in [0.15, 0.2) is 81.6 Å². The van der Waals surface area contributed by atoms with Crippen LogP contribution >= 0.6 is 15.9 Å². The largest absolute Gasteiger partial charge is 0.460 e. The molecule has 0 fully saturated rings. The number of hydrogen-bond donors (Lipinski definition) is 1. The average molecular weight is 496 g/mol. The highest BCUT2D eigenvalue weighted by molar-refractivity contribution is 9.10. The van der Waals surface area contributed by atoms with Crippen LogP contribution in [-0.4, -0.2) is 32.1 Å². The standard InChI is InChI=1S/C26H26BrNO4/c1-16-23(26(30)32-13-12-31-2)24(18-8-10-20(27)11-9-18)25-21(28-16)14-19(15-22(25)29)17-6-4-3-5-7-17/h3-11,19,24,28H,12-15H2,1-2H3/t19-,24+/m0/s1. The Morgan fingerprint density at radius 1 is 1.03 bits per heavy atom. The van der Waals surface area contributed by atoms with Crippen LogP contribution in [0.5, 0.6) is 0 Å². The summed E-state index contributed by atoms with van der Waals surface area (Å²) in [5.74, 6) is -0.707. The zero-order valence-electron chi connectivity index (χ0n) is 18.2. The molecule has 4 rings (SSSR count). The summed E-state index contributed by atoms with van der Waals surface area (Å²) in [4.78, 5) is 26.6. The lowest BCUT2D eigenvalue weighted by atomic mass is 9.72. The molecule has 1 aliphatic heterocycles. The molecule has 2 atom stereocenters. The van der Waals surface area contributed by atoms with Gasteiger partial charge < -0.3 is 14.8 Å². The third-order valence-corrected chi connectivity index (χ3v) is 6.57. The van der Waals surface area contributed by atoms with Crippen LogP contribution < -0.4 is 5.32 Å². The minimum absolute atomic E-state index is 0.0650. The van der Waals surface area contributed by atoms with Crippen molar-refractivity contribution in [1.82, 2.24) is 5.32 Å². The maximum absolute atomic E-state index is 13.5. The number of Topliss-reactive ketones (excluding diaryl/α,β-unsaturated/α-hetero) is 1. The van der Waals surface area contributed by atoms with Gasteiger partial charge in [0.2, 0.25) is 0 Å². The summed E-state index contributed by atoms with van der Waals surface area (Å²) < 4.78 is 11.4. The van der Waals surface area contributed by atoms with Crippen molar-refractivity contribution in [3.05, 3.63) is 92.7 Å². The number of dihydropyridines is 1. The van der Waals surface area contributed by atoms with Gasteiger partial charge in [0.05, 0.1) is 12.2 Å². The first-order chi connectivity index (χ1) is 15.5. The summed E-state index contributed by atoms with van der Waals surface area (Å²) in [5.41, 5.74) is 4.82. The Balaban J connectivity index is 1.74. The summed E-state index contributed by atoms with van der Waals surface area (Å²) in [6, 6.07) is 17.9. The second kappa shape index (κ2) is 9.84. The van der Waals surface area contributed by atoms with Gasteiger partial charge in [0, 0.05) is 40.9 Å². The molecule has 1 heterocycles. The van der Waals surface area contributed by atoms with Crippen molar-refractivity contribution >= 4 is 27.7 Å². The molecule has 0 radical (unpaired) electrons. The SMILES string of the molecule is COCCOC(=O)C1=C(C)NC2=C(C(=O)C[C@@H](c3ccccc3)C2)[C@@H]1c1ccc(Br)cc1. The molecule has 6 heteroatoms. The fourth-order valence-electron chi connectivity index (χ4n) is 4.55. The van der Waals surface area contributed by atoms with E-state index >= 15 is 0 Å². The molecule has 0 spiro atoms. The summed E-state index contributed by atoms with van der Waals surface area (Å²) in [5, 5.41) is 3.38. The number of esters is 1. The van der Waals surface area contributed by atoms with E-state index in [1.165, 1.54) is 0 Å². The lowest BCUT2D eigenvalue weighted by Gasteiger charge is -2.36. The third kappa shape index (κ3) is 4.57. The van der Waals surface area contributed by atoms with Crippen LogP contribution in [0.25, 0.3) is 0 Å². The molecule has 5 nitrogen and oxygen atoms in total. The molecule has 166 valence electrons. The number of nitrogens with one attached hydrogen (secondary N) is 1. The maximum Gasteiger partial charge on any atom is 0.336 e. The van der Waals surface area contributed by atoms with Crippen molar-refractivity contribution in [1.29, 1.82) is 0 Å². The number of allylic oxidation sites excluding steroid dienone is 3. The Morgan fingerprint density at radius 3 is 2.44 bits per heavy atom. The molecule has 0 saturated carbocycles. The van der Waals surface area contributed by atoms with E-state index in [0.29, 0.717) is 24.2 Å². The minimum atomic E-state index is -0.460. The fraction of sp³-hybridized carbons (Fsp3) is 0.308. The molecule has 32 heavy (non-hydrogen) atoms. The van der Waals surface area contributed by atoms with E-state index in [-0.39, 0.29) is 18.3 Å². The van der Waals surface area contributed by atoms with E-state index < -0.39 is 11.9 Å². The topological polar surface area (TPSA) is 64.6 Å². The molecule has 0 aromatic heterocycles. The van der Waals surface area contributed by atoms with Crippen LogP contribution in [0, 0.1) is 0 Å². The van der Waals surface area contributed by atoms with Gasteiger partial charge in [-0.05, 0) is 42.5 Å². The number of hydrogen-bond acceptors (Lipinski definition) is 5. The minimum Gasteiger partial charge on any atom is -0.460 e. The van der Waals surface area contributed by atoms with E-state index in [0.717, 1.165) is 33.4 Å². The van der Waals surface area contributed by atoms with Gasteiger partial charge in [-0.15, -0.1) is 0 Å². The van der Waals surface area contributed by atoms with Gasteiger partial charge in [-0.2, -0.15) is 0 Å². The molecular weight excluding hydrogens is 470 g/mol. The quantitative estimate of drug-likeness (QED) is 0.451. The van der Waals surface area contributed by atoms with E-state index in [1.54, 1.807) is 7.11 Å². The number of methoxy groups -OCH3 is 1. The zero-order valence-corrected chi connectivity index (χ0v) is 19.8. The number of benzene rings is 2. The molecule has 1 N–H and O–H groups in total. The van der Waals surface area contributed by atoms with Crippen molar-refractivity contribution in [3.8, 4) is 0 Å². The van der Waals surface area contributed by atoms with E-state index in [2.05, 4.69) is 33.4 Å². The normalized spacial score (nSPS) is 20.7. The highest BCUT2D eigenvalue weighted by Gasteiger charge is 2.41. The summed E-state index contributed by atoms with van der Waals surface area (Å²) in [7, 11) is 1.56. The lowest BCUT2D eigenvalue weighted by molar-refractivity contribution is -0.140. The van der Waals surface area contributed by atoms with Crippen molar-refractivity contribution in [2.75, 3.05) is 20.3 Å². The van der Waals surface area contributed by atoms with Crippen LogP contribution in [0.4, 0.5) is 0 Å². The molecule has 0 amide bonds. The number of carbonyl (C=O) groups excluding carboxylic acids is 2. The van der Waals surface area contributed by atoms with Crippen molar-refractivity contribution in [2.45, 2.75) is 31.6 Å². The van der Waals surface area contributed by atoms with Gasteiger partial charge in [0.25, 0.3) is 0 Å². The monoisotopic (exact) mass is 495 g/mol. The summed E-state index contributed by atoms with van der Waals surface area (Å²) >= 11 is 3.47. The van der Waals surface area contributed by atoms with Crippen LogP contribution in [-0.2, 0) is 19.1 Å². The highest BCUT2D eigenvalue weighted by Crippen LogP contribution is 2.45. The number of halogens is 1. The van der Waals surface area contributed by atoms with Gasteiger partial charge >= 0.3 is 5.97 Å². The van der Waals surface area contributed by atoms with Gasteiger partial charge in [0.15, 0.2) is 5.78 Å². The van der Waals surface area contributed by atoms with Crippen LogP contribution in [0.1, 0.15) is 42.7 Å². The van der Waals surface area contributed by atoms with Crippen LogP contribution in [0.3, 0.4) is 0 Å². The first-order valence-electron chi connectivity index (χ1n) is 10.7. The Labute approximate surface area is 196 Å². The predicted octanol–water partition coefficient (Wildman–Crippen LogP) is 5.00. The molecular formula is C26H26BrNO4. The first kappa shape index (κ1) is 22.5. The van der Waals surface area contributed by atoms with Gasteiger partial charge in [-0.3, -0.25) is 4.79 Å². The van der Waals surface area contributed by atoms with Crippen molar-refractivity contribution in [2.24, 2.45) is 0 Å². The number of carbonyl (C=O) groups is 2. The molecule has 2 aliphatic rings. The highest BCUT2D eigenvalue weighted by atomic mass is 79.9. The molecule has 0 bridgehead atoms. The fourth-order valence-corrected chi connectivity index (χ4v) is 4.82. The van der Waals surface area contributed by atoms with E-state index in [1.807, 2.05) is 49.4 Å². The molecule has 1 aliphatic carbocycles. The third-order valence-electron chi connectivity index (χ3n) is 6.04. The second-order valence-electron chi connectivity index (χ2n) is 8.11. The van der Waals surface area contributed by atoms with Crippen molar-refractivity contribution in [3.63, 3.8) is 0 Å². The molecule has 2 aromatic carbocycles. The summed E-state index contributed by atoms with van der Waals surface area (Å²) in [6.07, 6.45) is 1.14. The maximum atomic E-state index is 13.5. The van der Waals surface area contributed by atoms with Gasteiger partial charge in [-0.25, -0.2) is 4.79 Å². The summed E-state index contributed by atoms with van der Waals surface area (Å²) in [6.45, 7) is 2.36. The smallest absolute Gasteiger partial charge is 0.336 e. The van der Waals surface area contributed by atoms with Crippen molar-refractivity contribution < 1.29 is 19.1 Å². The number of ether oxygens (including phenoxy) is 2. The molecule has 2 aromatic rings. The van der Waals surface area contributed by atoms with Gasteiger partial charge in [0.1, 0.15) is 6.61 Å². The van der Waals surface area contributed by atoms with Crippen LogP contribution in [0.2, 0.25) is 0 Å². The number of rotatable bonds is 6. The molecule has 0 unspecified atom stereocenters. The Kier molecular flexibility index (Phi) is 6.92.